The number of aromatic nitrogens is 1. The highest BCUT2D eigenvalue weighted by Crippen LogP contribution is 2.32. The molecular weight excluding hydrogens is 342 g/mol. The molecule has 2 heterocycles. The van der Waals surface area contributed by atoms with Gasteiger partial charge in [-0.15, -0.1) is 0 Å². The van der Waals surface area contributed by atoms with Gasteiger partial charge in [0.05, 0.1) is 0 Å². The van der Waals surface area contributed by atoms with Crippen molar-refractivity contribution in [3.05, 3.63) is 83.7 Å². The molecule has 0 atom stereocenters. The average molecular weight is 361 g/mol. The number of carbonyl (C=O) groups excluding carboxylic acids is 1. The van der Waals surface area contributed by atoms with Crippen molar-refractivity contribution in [2.24, 2.45) is 0 Å². The SMILES string of the molecule is O=C(NCc1ccc2c(c1)OCO2)c1cc(NCc2ccccc2)ccn1. The summed E-state index contributed by atoms with van der Waals surface area (Å²) >= 11 is 0. The first kappa shape index (κ1) is 16.9. The van der Waals surface area contributed by atoms with Crippen LogP contribution in [0.4, 0.5) is 5.69 Å². The molecule has 0 saturated heterocycles. The third kappa shape index (κ3) is 4.17. The lowest BCUT2D eigenvalue weighted by molar-refractivity contribution is 0.0946. The lowest BCUT2D eigenvalue weighted by Crippen LogP contribution is -2.23. The Morgan fingerprint density at radius 3 is 2.67 bits per heavy atom. The van der Waals surface area contributed by atoms with E-state index in [-0.39, 0.29) is 12.7 Å². The first-order valence-corrected chi connectivity index (χ1v) is 8.68. The molecule has 0 spiro atoms. The second-order valence-corrected chi connectivity index (χ2v) is 6.14. The molecule has 136 valence electrons. The normalized spacial score (nSPS) is 11.9. The first-order valence-electron chi connectivity index (χ1n) is 8.68. The lowest BCUT2D eigenvalue weighted by atomic mass is 10.2. The van der Waals surface area contributed by atoms with Gasteiger partial charge in [-0.05, 0) is 35.4 Å². The number of ether oxygens (including phenoxy) is 2. The van der Waals surface area contributed by atoms with E-state index in [0.29, 0.717) is 24.5 Å². The zero-order chi connectivity index (χ0) is 18.5. The van der Waals surface area contributed by atoms with Crippen LogP contribution in [0.5, 0.6) is 11.5 Å². The Labute approximate surface area is 157 Å². The van der Waals surface area contributed by atoms with Crippen LogP contribution in [0.1, 0.15) is 21.6 Å². The maximum atomic E-state index is 12.4. The second kappa shape index (κ2) is 7.78. The van der Waals surface area contributed by atoms with E-state index >= 15 is 0 Å². The molecule has 0 radical (unpaired) electrons. The molecule has 6 heteroatoms. The zero-order valence-electron chi connectivity index (χ0n) is 14.6. The van der Waals surface area contributed by atoms with Gasteiger partial charge in [0.15, 0.2) is 11.5 Å². The smallest absolute Gasteiger partial charge is 0.270 e. The van der Waals surface area contributed by atoms with Crippen LogP contribution >= 0.6 is 0 Å². The minimum atomic E-state index is -0.226. The number of nitrogens with one attached hydrogen (secondary N) is 2. The summed E-state index contributed by atoms with van der Waals surface area (Å²) in [5, 5.41) is 6.19. The summed E-state index contributed by atoms with van der Waals surface area (Å²) in [6.07, 6.45) is 1.63. The number of fused-ring (bicyclic) bond motifs is 1. The van der Waals surface area contributed by atoms with Crippen LogP contribution in [0.3, 0.4) is 0 Å². The fourth-order valence-electron chi connectivity index (χ4n) is 2.79. The molecular formula is C21H19N3O3. The minimum Gasteiger partial charge on any atom is -0.454 e. The molecule has 1 aromatic heterocycles. The molecule has 0 unspecified atom stereocenters. The fourth-order valence-corrected chi connectivity index (χ4v) is 2.79. The molecule has 0 fully saturated rings. The molecule has 2 N–H and O–H groups in total. The van der Waals surface area contributed by atoms with Gasteiger partial charge < -0.3 is 20.1 Å². The van der Waals surface area contributed by atoms with Gasteiger partial charge in [-0.1, -0.05) is 36.4 Å². The van der Waals surface area contributed by atoms with E-state index in [1.807, 2.05) is 54.6 Å². The number of anilines is 1. The third-order valence-corrected chi connectivity index (χ3v) is 4.22. The number of hydrogen-bond acceptors (Lipinski definition) is 5. The summed E-state index contributed by atoms with van der Waals surface area (Å²) in [5.41, 5.74) is 3.32. The Hall–Kier alpha value is -3.54. The van der Waals surface area contributed by atoms with Crippen LogP contribution in [0, 0.1) is 0 Å². The molecule has 27 heavy (non-hydrogen) atoms. The van der Waals surface area contributed by atoms with Crippen molar-refractivity contribution in [1.29, 1.82) is 0 Å². The van der Waals surface area contributed by atoms with Gasteiger partial charge in [0.25, 0.3) is 5.91 Å². The van der Waals surface area contributed by atoms with Crippen molar-refractivity contribution in [3.63, 3.8) is 0 Å². The van der Waals surface area contributed by atoms with E-state index in [1.54, 1.807) is 12.3 Å². The van der Waals surface area contributed by atoms with E-state index in [9.17, 15) is 4.79 Å². The van der Waals surface area contributed by atoms with Gasteiger partial charge in [-0.25, -0.2) is 0 Å². The zero-order valence-corrected chi connectivity index (χ0v) is 14.6. The highest BCUT2D eigenvalue weighted by molar-refractivity contribution is 5.93. The summed E-state index contributed by atoms with van der Waals surface area (Å²) in [7, 11) is 0. The largest absolute Gasteiger partial charge is 0.454 e. The van der Waals surface area contributed by atoms with Gasteiger partial charge in [-0.2, -0.15) is 0 Å². The molecule has 0 bridgehead atoms. The van der Waals surface area contributed by atoms with Crippen LogP contribution in [-0.4, -0.2) is 17.7 Å². The number of nitrogens with zero attached hydrogens (tertiary/aromatic N) is 1. The number of benzene rings is 2. The predicted octanol–water partition coefficient (Wildman–Crippen LogP) is 3.35. The lowest BCUT2D eigenvalue weighted by Gasteiger charge is -2.09. The number of amides is 1. The Balaban J connectivity index is 1.36. The molecule has 4 rings (SSSR count). The van der Waals surface area contributed by atoms with Crippen molar-refractivity contribution >= 4 is 11.6 Å². The van der Waals surface area contributed by atoms with Gasteiger partial charge >= 0.3 is 0 Å². The summed E-state index contributed by atoms with van der Waals surface area (Å²) in [5.74, 6) is 1.20. The highest BCUT2D eigenvalue weighted by atomic mass is 16.7. The van der Waals surface area contributed by atoms with Gasteiger partial charge in [0.2, 0.25) is 6.79 Å². The Bertz CT molecular complexity index is 944. The van der Waals surface area contributed by atoms with Crippen LogP contribution < -0.4 is 20.1 Å². The maximum absolute atomic E-state index is 12.4. The summed E-state index contributed by atoms with van der Waals surface area (Å²) in [6.45, 7) is 1.31. The van der Waals surface area contributed by atoms with Crippen molar-refractivity contribution in [2.45, 2.75) is 13.1 Å². The molecule has 0 aliphatic carbocycles. The molecule has 3 aromatic rings. The Morgan fingerprint density at radius 1 is 0.926 bits per heavy atom. The van der Waals surface area contributed by atoms with E-state index < -0.39 is 0 Å². The van der Waals surface area contributed by atoms with E-state index in [0.717, 1.165) is 17.0 Å². The maximum Gasteiger partial charge on any atom is 0.270 e. The molecule has 0 saturated carbocycles. The van der Waals surface area contributed by atoms with E-state index in [4.69, 9.17) is 9.47 Å². The quantitative estimate of drug-likeness (QED) is 0.704. The minimum absolute atomic E-state index is 0.226. The van der Waals surface area contributed by atoms with E-state index in [2.05, 4.69) is 15.6 Å². The standard InChI is InChI=1S/C21H19N3O3/c25-21(24-13-16-6-7-19-20(10-16)27-14-26-19)18-11-17(8-9-22-18)23-12-15-4-2-1-3-5-15/h1-11H,12-14H2,(H,22,23)(H,24,25). The van der Waals surface area contributed by atoms with Crippen molar-refractivity contribution in [3.8, 4) is 11.5 Å². The van der Waals surface area contributed by atoms with Crippen molar-refractivity contribution in [1.82, 2.24) is 10.3 Å². The molecule has 2 aromatic carbocycles. The molecule has 1 amide bonds. The molecule has 1 aliphatic heterocycles. The van der Waals surface area contributed by atoms with Crippen molar-refractivity contribution < 1.29 is 14.3 Å². The number of carbonyl (C=O) groups is 1. The summed E-state index contributed by atoms with van der Waals surface area (Å²) in [4.78, 5) is 16.6. The van der Waals surface area contributed by atoms with Crippen LogP contribution in [0.25, 0.3) is 0 Å². The summed E-state index contributed by atoms with van der Waals surface area (Å²) in [6, 6.07) is 19.3. The first-order chi connectivity index (χ1) is 13.3. The Morgan fingerprint density at radius 2 is 1.78 bits per heavy atom. The van der Waals surface area contributed by atoms with E-state index in [1.165, 1.54) is 5.56 Å². The number of pyridine rings is 1. The average Bonchev–Trinajstić information content (AvgIpc) is 3.19. The molecule has 6 nitrogen and oxygen atoms in total. The van der Waals surface area contributed by atoms with Gasteiger partial charge in [-0.3, -0.25) is 9.78 Å². The van der Waals surface area contributed by atoms with Crippen LogP contribution in [0.2, 0.25) is 0 Å². The second-order valence-electron chi connectivity index (χ2n) is 6.14. The Kier molecular flexibility index (Phi) is 4.87. The number of rotatable bonds is 6. The predicted molar refractivity (Wildman–Crippen MR) is 102 cm³/mol. The van der Waals surface area contributed by atoms with Crippen LogP contribution in [0.15, 0.2) is 66.9 Å². The highest BCUT2D eigenvalue weighted by Gasteiger charge is 2.14. The van der Waals surface area contributed by atoms with Gasteiger partial charge in [0, 0.05) is 25.0 Å². The monoisotopic (exact) mass is 361 g/mol. The fraction of sp³-hybridized carbons (Fsp3) is 0.143. The van der Waals surface area contributed by atoms with Gasteiger partial charge in [0.1, 0.15) is 5.69 Å². The summed E-state index contributed by atoms with van der Waals surface area (Å²) < 4.78 is 10.6. The molecule has 1 aliphatic rings. The van der Waals surface area contributed by atoms with Crippen molar-refractivity contribution in [2.75, 3.05) is 12.1 Å². The van der Waals surface area contributed by atoms with Crippen LogP contribution in [-0.2, 0) is 13.1 Å². The number of hydrogen-bond donors (Lipinski definition) is 2. The third-order valence-electron chi connectivity index (χ3n) is 4.22. The topological polar surface area (TPSA) is 72.5 Å².